The summed E-state index contributed by atoms with van der Waals surface area (Å²) in [4.78, 5) is 2.88. The highest BCUT2D eigenvalue weighted by atomic mass is 35.5. The molecule has 134 valence electrons. The van der Waals surface area contributed by atoms with Crippen LogP contribution in [0, 0.1) is 12.8 Å². The van der Waals surface area contributed by atoms with Crippen molar-refractivity contribution in [2.24, 2.45) is 5.92 Å². The molecule has 0 saturated carbocycles. The van der Waals surface area contributed by atoms with Gasteiger partial charge in [-0.2, -0.15) is 4.31 Å². The number of aryl methyl sites for hydroxylation is 1. The zero-order valence-electron chi connectivity index (χ0n) is 14.5. The Balaban J connectivity index is 1.66. The lowest BCUT2D eigenvalue weighted by Gasteiger charge is -2.41. The van der Waals surface area contributed by atoms with E-state index in [1.165, 1.54) is 12.8 Å². The molecular weight excluding hydrogens is 344 g/mol. The third kappa shape index (κ3) is 3.79. The Morgan fingerprint density at radius 1 is 1.12 bits per heavy atom. The highest BCUT2D eigenvalue weighted by Gasteiger charge is 2.32. The van der Waals surface area contributed by atoms with E-state index in [9.17, 15) is 8.42 Å². The Bertz CT molecular complexity index is 684. The summed E-state index contributed by atoms with van der Waals surface area (Å²) in [6.07, 6.45) is 4.43. The van der Waals surface area contributed by atoms with Crippen LogP contribution in [-0.2, 0) is 10.0 Å². The molecule has 2 aliphatic heterocycles. The van der Waals surface area contributed by atoms with E-state index < -0.39 is 10.0 Å². The Hall–Kier alpha value is -0.620. The summed E-state index contributed by atoms with van der Waals surface area (Å²) in [6, 6.07) is 5.54. The minimum Gasteiger partial charge on any atom is -0.300 e. The minimum absolute atomic E-state index is 0.308. The predicted octanol–water partition coefficient (Wildman–Crippen LogP) is 3.53. The molecule has 4 nitrogen and oxygen atoms in total. The van der Waals surface area contributed by atoms with Crippen molar-refractivity contribution in [2.45, 2.75) is 50.5 Å². The quantitative estimate of drug-likeness (QED) is 0.817. The molecule has 0 aromatic heterocycles. The highest BCUT2D eigenvalue weighted by molar-refractivity contribution is 7.89. The van der Waals surface area contributed by atoms with E-state index in [1.54, 1.807) is 22.5 Å². The lowest BCUT2D eigenvalue weighted by atomic mass is 9.96. The molecule has 3 rings (SSSR count). The first kappa shape index (κ1) is 18.2. The molecule has 1 aromatic rings. The molecule has 0 amide bonds. The fraction of sp³-hybridized carbons (Fsp3) is 0.667. The molecule has 2 fully saturated rings. The summed E-state index contributed by atoms with van der Waals surface area (Å²) in [5, 5.41) is 0.508. The summed E-state index contributed by atoms with van der Waals surface area (Å²) < 4.78 is 27.3. The maximum absolute atomic E-state index is 12.8. The zero-order valence-corrected chi connectivity index (χ0v) is 16.1. The molecule has 2 aliphatic rings. The Morgan fingerprint density at radius 2 is 1.83 bits per heavy atom. The first-order valence-corrected chi connectivity index (χ1v) is 10.7. The average molecular weight is 371 g/mol. The van der Waals surface area contributed by atoms with Crippen molar-refractivity contribution >= 4 is 21.6 Å². The molecule has 0 N–H and O–H groups in total. The molecule has 1 aromatic carbocycles. The predicted molar refractivity (Wildman–Crippen MR) is 97.9 cm³/mol. The van der Waals surface area contributed by atoms with Gasteiger partial charge in [0.15, 0.2) is 0 Å². The van der Waals surface area contributed by atoms with Gasteiger partial charge in [0, 0.05) is 30.7 Å². The van der Waals surface area contributed by atoms with Gasteiger partial charge in [0.2, 0.25) is 10.0 Å². The SMILES string of the molecule is Cc1ccc(S(=O)(=O)N2CCC(N3CCCC(C)C3)CC2)cc1Cl. The molecule has 0 bridgehead atoms. The van der Waals surface area contributed by atoms with E-state index in [1.807, 2.05) is 6.92 Å². The molecule has 0 aliphatic carbocycles. The van der Waals surface area contributed by atoms with Gasteiger partial charge in [0.05, 0.1) is 4.90 Å². The number of hydrogen-bond acceptors (Lipinski definition) is 3. The second-order valence-corrected chi connectivity index (χ2v) is 9.63. The number of halogens is 1. The van der Waals surface area contributed by atoms with Gasteiger partial charge >= 0.3 is 0 Å². The fourth-order valence-corrected chi connectivity index (χ4v) is 5.63. The molecule has 2 heterocycles. The van der Waals surface area contributed by atoms with Crippen molar-refractivity contribution in [2.75, 3.05) is 26.2 Å². The van der Waals surface area contributed by atoms with E-state index in [0.29, 0.717) is 29.0 Å². The van der Waals surface area contributed by atoms with Gasteiger partial charge in [0.1, 0.15) is 0 Å². The van der Waals surface area contributed by atoms with Gasteiger partial charge in [-0.3, -0.25) is 0 Å². The molecule has 1 atom stereocenters. The smallest absolute Gasteiger partial charge is 0.243 e. The number of nitrogens with zero attached hydrogens (tertiary/aromatic N) is 2. The van der Waals surface area contributed by atoms with Crippen LogP contribution in [0.5, 0.6) is 0 Å². The van der Waals surface area contributed by atoms with Gasteiger partial charge in [-0.1, -0.05) is 24.6 Å². The van der Waals surface area contributed by atoms with Crippen LogP contribution in [0.15, 0.2) is 23.1 Å². The maximum Gasteiger partial charge on any atom is 0.243 e. The third-order valence-corrected chi connectivity index (χ3v) is 7.71. The van der Waals surface area contributed by atoms with Crippen LogP contribution >= 0.6 is 11.6 Å². The maximum atomic E-state index is 12.8. The number of benzene rings is 1. The lowest BCUT2D eigenvalue weighted by molar-refractivity contribution is 0.0944. The van der Waals surface area contributed by atoms with Crippen LogP contribution in [0.1, 0.15) is 38.2 Å². The van der Waals surface area contributed by atoms with Crippen LogP contribution in [-0.4, -0.2) is 49.8 Å². The number of piperidine rings is 2. The van der Waals surface area contributed by atoms with Gasteiger partial charge in [-0.15, -0.1) is 0 Å². The number of hydrogen-bond donors (Lipinski definition) is 0. The third-order valence-electron chi connectivity index (χ3n) is 5.41. The van der Waals surface area contributed by atoms with E-state index in [0.717, 1.165) is 37.4 Å². The minimum atomic E-state index is -3.44. The number of likely N-dealkylation sites (tertiary alicyclic amines) is 1. The fourth-order valence-electron chi connectivity index (χ4n) is 3.89. The first-order chi connectivity index (χ1) is 11.4. The number of rotatable bonds is 3. The Labute approximate surface area is 150 Å². The molecule has 0 radical (unpaired) electrons. The first-order valence-electron chi connectivity index (χ1n) is 8.88. The summed E-state index contributed by atoms with van der Waals surface area (Å²) in [7, 11) is -3.44. The van der Waals surface area contributed by atoms with Gasteiger partial charge < -0.3 is 4.90 Å². The molecule has 0 spiro atoms. The van der Waals surface area contributed by atoms with Crippen LogP contribution in [0.2, 0.25) is 5.02 Å². The molecule has 6 heteroatoms. The van der Waals surface area contributed by atoms with Crippen molar-refractivity contribution in [1.82, 2.24) is 9.21 Å². The largest absolute Gasteiger partial charge is 0.300 e. The summed E-state index contributed by atoms with van der Waals surface area (Å²) in [5.41, 5.74) is 0.897. The molecule has 2 saturated heterocycles. The second kappa shape index (κ2) is 7.32. The van der Waals surface area contributed by atoms with Crippen LogP contribution < -0.4 is 0 Å². The molecule has 1 unspecified atom stereocenters. The lowest BCUT2D eigenvalue weighted by Crippen LogP contribution is -2.49. The van der Waals surface area contributed by atoms with Crippen molar-refractivity contribution in [1.29, 1.82) is 0 Å². The second-order valence-electron chi connectivity index (χ2n) is 7.29. The summed E-state index contributed by atoms with van der Waals surface area (Å²) in [6.45, 7) is 7.71. The van der Waals surface area contributed by atoms with Gasteiger partial charge in [-0.05, 0) is 62.8 Å². The van der Waals surface area contributed by atoms with Crippen LogP contribution in [0.3, 0.4) is 0 Å². The molecule has 24 heavy (non-hydrogen) atoms. The van der Waals surface area contributed by atoms with E-state index in [-0.39, 0.29) is 0 Å². The molecular formula is C18H27ClN2O2S. The van der Waals surface area contributed by atoms with E-state index >= 15 is 0 Å². The monoisotopic (exact) mass is 370 g/mol. The van der Waals surface area contributed by atoms with Crippen molar-refractivity contribution < 1.29 is 8.42 Å². The Kier molecular flexibility index (Phi) is 5.55. The Morgan fingerprint density at radius 3 is 2.46 bits per heavy atom. The summed E-state index contributed by atoms with van der Waals surface area (Å²) >= 11 is 6.11. The topological polar surface area (TPSA) is 40.6 Å². The highest BCUT2D eigenvalue weighted by Crippen LogP contribution is 2.28. The normalized spacial score (nSPS) is 25.0. The van der Waals surface area contributed by atoms with Crippen molar-refractivity contribution in [3.8, 4) is 0 Å². The summed E-state index contributed by atoms with van der Waals surface area (Å²) in [5.74, 6) is 0.759. The van der Waals surface area contributed by atoms with E-state index in [2.05, 4.69) is 11.8 Å². The van der Waals surface area contributed by atoms with Crippen molar-refractivity contribution in [3.63, 3.8) is 0 Å². The zero-order chi connectivity index (χ0) is 17.3. The van der Waals surface area contributed by atoms with Crippen LogP contribution in [0.4, 0.5) is 0 Å². The number of sulfonamides is 1. The van der Waals surface area contributed by atoms with Crippen molar-refractivity contribution in [3.05, 3.63) is 28.8 Å². The van der Waals surface area contributed by atoms with Crippen LogP contribution in [0.25, 0.3) is 0 Å². The van der Waals surface area contributed by atoms with E-state index in [4.69, 9.17) is 11.6 Å². The standard InChI is InChI=1S/C18H27ClN2O2S/c1-14-4-3-9-20(13-14)16-7-10-21(11-8-16)24(22,23)17-6-5-15(2)18(19)12-17/h5-6,12,14,16H,3-4,7-11,13H2,1-2H3. The average Bonchev–Trinajstić information content (AvgIpc) is 2.57. The van der Waals surface area contributed by atoms with Gasteiger partial charge in [-0.25, -0.2) is 8.42 Å². The van der Waals surface area contributed by atoms with Gasteiger partial charge in [0.25, 0.3) is 0 Å².